The van der Waals surface area contributed by atoms with E-state index in [0.717, 1.165) is 17.4 Å². The number of carbonyl (C=O) groups is 2. The quantitative estimate of drug-likeness (QED) is 0.242. The molecule has 3 rings (SSSR count). The van der Waals surface area contributed by atoms with Gasteiger partial charge in [0.1, 0.15) is 11.8 Å². The molecule has 0 saturated heterocycles. The summed E-state index contributed by atoms with van der Waals surface area (Å²) in [5, 5.41) is 3.82. The largest absolute Gasteiger partial charge is 0.495 e. The van der Waals surface area contributed by atoms with Crippen LogP contribution in [0.5, 0.6) is 5.75 Å². The number of amides is 2. The first-order valence-corrected chi connectivity index (χ1v) is 16.5. The molecular formula is C32H39Cl2N3O5S. The van der Waals surface area contributed by atoms with E-state index in [-0.39, 0.29) is 42.8 Å². The highest BCUT2D eigenvalue weighted by atomic mass is 35.5. The van der Waals surface area contributed by atoms with Gasteiger partial charge in [0.05, 0.1) is 24.1 Å². The Hall–Kier alpha value is -3.27. The van der Waals surface area contributed by atoms with Crippen molar-refractivity contribution in [3.63, 3.8) is 0 Å². The average molecular weight is 649 g/mol. The molecule has 0 aromatic heterocycles. The third kappa shape index (κ3) is 10.4. The van der Waals surface area contributed by atoms with Crippen LogP contribution in [0.15, 0.2) is 72.8 Å². The van der Waals surface area contributed by atoms with Crippen molar-refractivity contribution in [2.75, 3.05) is 24.2 Å². The predicted octanol–water partition coefficient (Wildman–Crippen LogP) is 6.10. The number of carbonyl (C=O) groups excluding carboxylic acids is 2. The molecule has 11 heteroatoms. The number of methoxy groups -OCH3 is 1. The number of nitrogens with one attached hydrogen (secondary N) is 1. The Morgan fingerprint density at radius 3 is 2.21 bits per heavy atom. The van der Waals surface area contributed by atoms with Gasteiger partial charge in [-0.2, -0.15) is 0 Å². The Labute approximate surface area is 265 Å². The van der Waals surface area contributed by atoms with Crippen molar-refractivity contribution in [3.8, 4) is 5.75 Å². The number of hydrogen-bond donors (Lipinski definition) is 1. The molecule has 0 heterocycles. The lowest BCUT2D eigenvalue weighted by Gasteiger charge is -2.34. The van der Waals surface area contributed by atoms with Crippen LogP contribution in [0, 0.1) is 0 Å². The lowest BCUT2D eigenvalue weighted by atomic mass is 10.00. The van der Waals surface area contributed by atoms with Crippen molar-refractivity contribution in [2.45, 2.75) is 58.2 Å². The minimum Gasteiger partial charge on any atom is -0.495 e. The summed E-state index contributed by atoms with van der Waals surface area (Å²) in [6.45, 7) is 5.85. The number of rotatable bonds is 13. The molecule has 232 valence electrons. The van der Waals surface area contributed by atoms with Gasteiger partial charge < -0.3 is 15.0 Å². The van der Waals surface area contributed by atoms with Gasteiger partial charge in [0.2, 0.25) is 21.8 Å². The van der Waals surface area contributed by atoms with Gasteiger partial charge in [0.25, 0.3) is 0 Å². The van der Waals surface area contributed by atoms with Crippen LogP contribution < -0.4 is 14.4 Å². The van der Waals surface area contributed by atoms with Gasteiger partial charge in [-0.15, -0.1) is 0 Å². The standard InChI is InChI=1S/C32H39Cl2N3O5S/c1-32(2,3)35-31(39)28(20-23-11-7-6-8-12-23)36(22-24-13-9-14-25(33)19-24)30(38)15-10-18-37(43(5,40)41)26-16-17-29(42-4)27(34)21-26/h6-9,11-14,16-17,19,21,28H,10,15,18,20,22H2,1-5H3,(H,35,39)/t28-/m0/s1. The Morgan fingerprint density at radius 2 is 1.63 bits per heavy atom. The van der Waals surface area contributed by atoms with Crippen LogP contribution in [0.4, 0.5) is 5.69 Å². The van der Waals surface area contributed by atoms with Crippen LogP contribution in [-0.4, -0.2) is 56.6 Å². The first-order valence-electron chi connectivity index (χ1n) is 13.9. The maximum absolute atomic E-state index is 13.9. The maximum Gasteiger partial charge on any atom is 0.243 e. The molecule has 0 fully saturated rings. The number of hydrogen-bond acceptors (Lipinski definition) is 5. The Kier molecular flexibility index (Phi) is 11.9. The molecular weight excluding hydrogens is 609 g/mol. The molecule has 43 heavy (non-hydrogen) atoms. The summed E-state index contributed by atoms with van der Waals surface area (Å²) in [4.78, 5) is 29.2. The van der Waals surface area contributed by atoms with E-state index in [1.165, 1.54) is 17.5 Å². The fourth-order valence-electron chi connectivity index (χ4n) is 4.65. The van der Waals surface area contributed by atoms with E-state index in [0.29, 0.717) is 22.9 Å². The van der Waals surface area contributed by atoms with Gasteiger partial charge in [-0.25, -0.2) is 8.42 Å². The van der Waals surface area contributed by atoms with E-state index in [9.17, 15) is 18.0 Å². The van der Waals surface area contributed by atoms with Gasteiger partial charge in [0, 0.05) is 36.5 Å². The molecule has 0 bridgehead atoms. The molecule has 0 saturated carbocycles. The molecule has 3 aromatic rings. The lowest BCUT2D eigenvalue weighted by Crippen LogP contribution is -2.54. The fourth-order valence-corrected chi connectivity index (χ4v) is 6.08. The highest BCUT2D eigenvalue weighted by Gasteiger charge is 2.32. The SMILES string of the molecule is COc1ccc(N(CCCC(=O)N(Cc2cccc(Cl)c2)[C@@H](Cc2ccccc2)C(=O)NC(C)(C)C)S(C)(=O)=O)cc1Cl. The van der Waals surface area contributed by atoms with Crippen LogP contribution in [0.25, 0.3) is 0 Å². The van der Waals surface area contributed by atoms with Crippen molar-refractivity contribution in [1.29, 1.82) is 0 Å². The summed E-state index contributed by atoms with van der Waals surface area (Å²) in [5.41, 5.74) is 1.52. The summed E-state index contributed by atoms with van der Waals surface area (Å²) < 4.78 is 31.8. The Balaban J connectivity index is 1.91. The van der Waals surface area contributed by atoms with Gasteiger partial charge in [-0.1, -0.05) is 65.7 Å². The van der Waals surface area contributed by atoms with Crippen LogP contribution >= 0.6 is 23.2 Å². The monoisotopic (exact) mass is 647 g/mol. The van der Waals surface area contributed by atoms with Crippen LogP contribution in [-0.2, 0) is 32.6 Å². The van der Waals surface area contributed by atoms with Crippen LogP contribution in [0.2, 0.25) is 10.0 Å². The number of halogens is 2. The summed E-state index contributed by atoms with van der Waals surface area (Å²) in [6.07, 6.45) is 1.62. The topological polar surface area (TPSA) is 96.0 Å². The third-order valence-electron chi connectivity index (χ3n) is 6.59. The summed E-state index contributed by atoms with van der Waals surface area (Å²) in [6, 6.07) is 20.6. The van der Waals surface area contributed by atoms with Crippen LogP contribution in [0.3, 0.4) is 0 Å². The van der Waals surface area contributed by atoms with Crippen molar-refractivity contribution in [3.05, 3.63) is 94.0 Å². The van der Waals surface area contributed by atoms with E-state index in [2.05, 4.69) is 5.32 Å². The number of benzene rings is 3. The van der Waals surface area contributed by atoms with Crippen molar-refractivity contribution in [1.82, 2.24) is 10.2 Å². The summed E-state index contributed by atoms with van der Waals surface area (Å²) in [5.74, 6) is -0.146. The third-order valence-corrected chi connectivity index (χ3v) is 8.31. The van der Waals surface area contributed by atoms with Gasteiger partial charge >= 0.3 is 0 Å². The predicted molar refractivity (Wildman–Crippen MR) is 173 cm³/mol. The molecule has 0 unspecified atom stereocenters. The Bertz CT molecular complexity index is 1510. The summed E-state index contributed by atoms with van der Waals surface area (Å²) in [7, 11) is -2.21. The van der Waals surface area contributed by atoms with Crippen molar-refractivity contribution < 1.29 is 22.7 Å². The maximum atomic E-state index is 13.9. The molecule has 3 aromatic carbocycles. The molecule has 8 nitrogen and oxygen atoms in total. The minimum absolute atomic E-state index is 0.00452. The molecule has 1 N–H and O–H groups in total. The zero-order chi connectivity index (χ0) is 31.8. The normalized spacial score (nSPS) is 12.3. The zero-order valence-corrected chi connectivity index (χ0v) is 27.5. The highest BCUT2D eigenvalue weighted by molar-refractivity contribution is 7.92. The number of anilines is 1. The van der Waals surface area contributed by atoms with E-state index < -0.39 is 21.6 Å². The highest BCUT2D eigenvalue weighted by Crippen LogP contribution is 2.30. The molecule has 1 atom stereocenters. The Morgan fingerprint density at radius 1 is 0.953 bits per heavy atom. The fraction of sp³-hybridized carbons (Fsp3) is 0.375. The molecule has 0 aliphatic carbocycles. The molecule has 0 aliphatic heterocycles. The van der Waals surface area contributed by atoms with Crippen molar-refractivity contribution in [2.24, 2.45) is 0 Å². The van der Waals surface area contributed by atoms with E-state index in [1.54, 1.807) is 35.2 Å². The smallest absolute Gasteiger partial charge is 0.243 e. The second kappa shape index (κ2) is 14.9. The lowest BCUT2D eigenvalue weighted by molar-refractivity contribution is -0.142. The van der Waals surface area contributed by atoms with E-state index in [1.807, 2.05) is 57.2 Å². The van der Waals surface area contributed by atoms with Gasteiger partial charge in [0.15, 0.2) is 0 Å². The molecule has 0 spiro atoms. The molecule has 0 aliphatic rings. The number of nitrogens with zero attached hydrogens (tertiary/aromatic N) is 2. The second-order valence-electron chi connectivity index (χ2n) is 11.4. The van der Waals surface area contributed by atoms with E-state index >= 15 is 0 Å². The van der Waals surface area contributed by atoms with E-state index in [4.69, 9.17) is 27.9 Å². The number of ether oxygens (including phenoxy) is 1. The zero-order valence-electron chi connectivity index (χ0n) is 25.1. The van der Waals surface area contributed by atoms with Crippen molar-refractivity contribution >= 4 is 50.7 Å². The average Bonchev–Trinajstić information content (AvgIpc) is 2.92. The van der Waals surface area contributed by atoms with Gasteiger partial charge in [-0.3, -0.25) is 13.9 Å². The second-order valence-corrected chi connectivity index (χ2v) is 14.1. The molecule has 2 amide bonds. The number of sulfonamides is 1. The molecule has 0 radical (unpaired) electrons. The minimum atomic E-state index is -3.69. The van der Waals surface area contributed by atoms with Gasteiger partial charge in [-0.05, 0) is 68.7 Å². The first-order chi connectivity index (χ1) is 20.2. The van der Waals surface area contributed by atoms with Crippen LogP contribution in [0.1, 0.15) is 44.7 Å². The summed E-state index contributed by atoms with van der Waals surface area (Å²) >= 11 is 12.5. The first kappa shape index (κ1) is 34.2.